The highest BCUT2D eigenvalue weighted by Crippen LogP contribution is 2.31. The second kappa shape index (κ2) is 8.76. The lowest BCUT2D eigenvalue weighted by Gasteiger charge is -2.30. The maximum atomic E-state index is 12.5. The number of para-hydroxylation sites is 2. The van der Waals surface area contributed by atoms with Crippen molar-refractivity contribution in [2.75, 3.05) is 25.4 Å². The van der Waals surface area contributed by atoms with E-state index >= 15 is 0 Å². The van der Waals surface area contributed by atoms with Gasteiger partial charge >= 0.3 is 0 Å². The van der Waals surface area contributed by atoms with Crippen molar-refractivity contribution in [1.82, 2.24) is 9.88 Å². The number of carbonyl (C=O) groups excluding carboxylic acids is 1. The molecule has 3 rings (SSSR count). The maximum Gasteiger partial charge on any atom is 0.232 e. The summed E-state index contributed by atoms with van der Waals surface area (Å²) in [5.74, 6) is 2.87. The summed E-state index contributed by atoms with van der Waals surface area (Å²) in [5, 5.41) is 0. The number of amides is 1. The normalized spacial score (nSPS) is 15.6. The Labute approximate surface area is 152 Å². The lowest BCUT2D eigenvalue weighted by atomic mass is 10.2. The second-order valence-corrected chi connectivity index (χ2v) is 6.77. The molecule has 2 aromatic rings. The van der Waals surface area contributed by atoms with Crippen molar-refractivity contribution in [3.05, 3.63) is 54.4 Å². The smallest absolute Gasteiger partial charge is 0.232 e. The summed E-state index contributed by atoms with van der Waals surface area (Å²) < 4.78 is 11.7. The predicted octanol–water partition coefficient (Wildman–Crippen LogP) is 3.00. The number of pyridine rings is 1. The van der Waals surface area contributed by atoms with Crippen molar-refractivity contribution in [3.63, 3.8) is 0 Å². The lowest BCUT2D eigenvalue weighted by molar-refractivity contribution is -0.129. The van der Waals surface area contributed by atoms with Crippen LogP contribution in [-0.4, -0.2) is 47.3 Å². The van der Waals surface area contributed by atoms with Crippen molar-refractivity contribution in [3.8, 4) is 11.5 Å². The van der Waals surface area contributed by atoms with Gasteiger partial charge in [-0.25, -0.2) is 0 Å². The molecule has 0 saturated carbocycles. The number of aromatic nitrogens is 1. The molecule has 0 saturated heterocycles. The minimum absolute atomic E-state index is 0.124. The van der Waals surface area contributed by atoms with Gasteiger partial charge in [0.25, 0.3) is 0 Å². The van der Waals surface area contributed by atoms with E-state index in [-0.39, 0.29) is 12.0 Å². The summed E-state index contributed by atoms with van der Waals surface area (Å²) in [4.78, 5) is 18.4. The number of ether oxygens (including phenoxy) is 2. The third-order valence-corrected chi connectivity index (χ3v) is 4.93. The van der Waals surface area contributed by atoms with Crippen molar-refractivity contribution in [2.24, 2.45) is 0 Å². The molecule has 0 aliphatic carbocycles. The SMILES string of the molecule is CCN(CC1COc2ccccc2O1)C(=O)CSCc1cccnc1. The lowest BCUT2D eigenvalue weighted by Crippen LogP contribution is -2.44. The number of rotatable bonds is 7. The summed E-state index contributed by atoms with van der Waals surface area (Å²) in [6, 6.07) is 11.6. The highest BCUT2D eigenvalue weighted by molar-refractivity contribution is 7.99. The van der Waals surface area contributed by atoms with Crippen LogP contribution in [0.15, 0.2) is 48.8 Å². The number of hydrogen-bond acceptors (Lipinski definition) is 5. The zero-order chi connectivity index (χ0) is 17.5. The van der Waals surface area contributed by atoms with Gasteiger partial charge in [-0.15, -0.1) is 11.8 Å². The first-order valence-electron chi connectivity index (χ1n) is 8.39. The molecule has 2 heterocycles. The molecule has 1 aromatic carbocycles. The molecule has 1 atom stereocenters. The van der Waals surface area contributed by atoms with Gasteiger partial charge in [-0.1, -0.05) is 18.2 Å². The van der Waals surface area contributed by atoms with Crippen LogP contribution in [-0.2, 0) is 10.5 Å². The Kier molecular flexibility index (Phi) is 6.17. The van der Waals surface area contributed by atoms with Crippen LogP contribution in [0.2, 0.25) is 0 Å². The number of likely N-dealkylation sites (N-methyl/N-ethyl adjacent to an activating group) is 1. The van der Waals surface area contributed by atoms with Crippen LogP contribution in [0.4, 0.5) is 0 Å². The number of thioether (sulfide) groups is 1. The van der Waals surface area contributed by atoms with Gasteiger partial charge in [-0.3, -0.25) is 9.78 Å². The van der Waals surface area contributed by atoms with Crippen LogP contribution < -0.4 is 9.47 Å². The fourth-order valence-corrected chi connectivity index (χ4v) is 3.50. The molecule has 1 aliphatic heterocycles. The summed E-state index contributed by atoms with van der Waals surface area (Å²) in [6.07, 6.45) is 3.45. The first kappa shape index (κ1) is 17.6. The number of benzene rings is 1. The average molecular weight is 358 g/mol. The fraction of sp³-hybridized carbons (Fsp3) is 0.368. The minimum Gasteiger partial charge on any atom is -0.486 e. The molecule has 0 bridgehead atoms. The number of carbonyl (C=O) groups is 1. The Morgan fingerprint density at radius 2 is 2.12 bits per heavy atom. The van der Waals surface area contributed by atoms with Crippen molar-refractivity contribution < 1.29 is 14.3 Å². The van der Waals surface area contributed by atoms with Crippen LogP contribution in [0, 0.1) is 0 Å². The molecule has 0 fully saturated rings. The molecule has 6 heteroatoms. The van der Waals surface area contributed by atoms with E-state index in [1.165, 1.54) is 0 Å². The molecule has 5 nitrogen and oxygen atoms in total. The maximum absolute atomic E-state index is 12.5. The molecule has 25 heavy (non-hydrogen) atoms. The van der Waals surface area contributed by atoms with E-state index in [1.807, 2.05) is 54.4 Å². The van der Waals surface area contributed by atoms with Crippen molar-refractivity contribution in [1.29, 1.82) is 0 Å². The standard InChI is InChI=1S/C19H22N2O3S/c1-2-21(19(22)14-25-13-15-6-5-9-20-10-15)11-16-12-23-17-7-3-4-8-18(17)24-16/h3-10,16H,2,11-14H2,1H3. The predicted molar refractivity (Wildman–Crippen MR) is 99.0 cm³/mol. The van der Waals surface area contributed by atoms with Crippen LogP contribution in [0.25, 0.3) is 0 Å². The van der Waals surface area contributed by atoms with Crippen LogP contribution in [0.3, 0.4) is 0 Å². The van der Waals surface area contributed by atoms with E-state index < -0.39 is 0 Å². The highest BCUT2D eigenvalue weighted by Gasteiger charge is 2.24. The Morgan fingerprint density at radius 3 is 2.88 bits per heavy atom. The molecular formula is C19H22N2O3S. The van der Waals surface area contributed by atoms with Gasteiger partial charge in [0, 0.05) is 24.7 Å². The van der Waals surface area contributed by atoms with Crippen molar-refractivity contribution >= 4 is 17.7 Å². The van der Waals surface area contributed by atoms with Gasteiger partial charge in [0.05, 0.1) is 12.3 Å². The summed E-state index contributed by atoms with van der Waals surface area (Å²) in [7, 11) is 0. The van der Waals surface area contributed by atoms with Gasteiger partial charge in [-0.05, 0) is 30.7 Å². The van der Waals surface area contributed by atoms with E-state index in [0.29, 0.717) is 25.4 Å². The van der Waals surface area contributed by atoms with Crippen molar-refractivity contribution in [2.45, 2.75) is 18.8 Å². The topological polar surface area (TPSA) is 51.7 Å². The molecule has 1 aromatic heterocycles. The van der Waals surface area contributed by atoms with Gasteiger partial charge in [-0.2, -0.15) is 0 Å². The minimum atomic E-state index is -0.137. The largest absolute Gasteiger partial charge is 0.486 e. The van der Waals surface area contributed by atoms with E-state index in [4.69, 9.17) is 9.47 Å². The van der Waals surface area contributed by atoms with E-state index in [0.717, 1.165) is 22.8 Å². The van der Waals surface area contributed by atoms with E-state index in [1.54, 1.807) is 18.0 Å². The quantitative estimate of drug-likeness (QED) is 0.762. The van der Waals surface area contributed by atoms with Crippen LogP contribution in [0.1, 0.15) is 12.5 Å². The molecule has 1 aliphatic rings. The molecule has 0 spiro atoms. The molecular weight excluding hydrogens is 336 g/mol. The zero-order valence-electron chi connectivity index (χ0n) is 14.3. The van der Waals surface area contributed by atoms with Gasteiger partial charge in [0.15, 0.2) is 17.6 Å². The van der Waals surface area contributed by atoms with Crippen LogP contribution in [0.5, 0.6) is 11.5 Å². The Balaban J connectivity index is 1.48. The number of nitrogens with zero attached hydrogens (tertiary/aromatic N) is 2. The molecule has 0 N–H and O–H groups in total. The van der Waals surface area contributed by atoms with Gasteiger partial charge < -0.3 is 14.4 Å². The summed E-state index contributed by atoms with van der Waals surface area (Å²) in [6.45, 7) is 3.65. The Morgan fingerprint density at radius 1 is 1.28 bits per heavy atom. The van der Waals surface area contributed by atoms with Gasteiger partial charge in [0.2, 0.25) is 5.91 Å². The van der Waals surface area contributed by atoms with E-state index in [2.05, 4.69) is 4.98 Å². The van der Waals surface area contributed by atoms with E-state index in [9.17, 15) is 4.79 Å². The molecule has 0 radical (unpaired) electrons. The first-order valence-corrected chi connectivity index (χ1v) is 9.54. The highest BCUT2D eigenvalue weighted by atomic mass is 32.2. The first-order chi connectivity index (χ1) is 12.3. The summed E-state index contributed by atoms with van der Waals surface area (Å²) in [5.41, 5.74) is 1.13. The average Bonchev–Trinajstić information content (AvgIpc) is 2.66. The van der Waals surface area contributed by atoms with Gasteiger partial charge in [0.1, 0.15) is 6.61 Å². The Hall–Kier alpha value is -2.21. The third kappa shape index (κ3) is 4.89. The molecule has 1 amide bonds. The number of hydrogen-bond donors (Lipinski definition) is 0. The van der Waals surface area contributed by atoms with Crippen LogP contribution >= 0.6 is 11.8 Å². The zero-order valence-corrected chi connectivity index (χ0v) is 15.1. The second-order valence-electron chi connectivity index (χ2n) is 5.78. The fourth-order valence-electron chi connectivity index (χ4n) is 2.64. The summed E-state index contributed by atoms with van der Waals surface area (Å²) >= 11 is 1.61. The molecule has 1 unspecified atom stereocenters. The number of fused-ring (bicyclic) bond motifs is 1. The third-order valence-electron chi connectivity index (χ3n) is 3.94. The molecule has 132 valence electrons. The Bertz CT molecular complexity index is 696. The monoisotopic (exact) mass is 358 g/mol.